The summed E-state index contributed by atoms with van der Waals surface area (Å²) in [6, 6.07) is 9.11. The van der Waals surface area contributed by atoms with E-state index < -0.39 is 29.6 Å². The van der Waals surface area contributed by atoms with Gasteiger partial charge < -0.3 is 10.4 Å². The molecule has 1 aliphatic heterocycles. The largest absolute Gasteiger partial charge is 0.439 e. The molecule has 0 unspecified atom stereocenters. The van der Waals surface area contributed by atoms with E-state index in [1.165, 1.54) is 0 Å². The van der Waals surface area contributed by atoms with Gasteiger partial charge in [-0.25, -0.2) is 0 Å². The Morgan fingerprint density at radius 1 is 1.26 bits per heavy atom. The van der Waals surface area contributed by atoms with Crippen LogP contribution >= 0.6 is 0 Å². The molecule has 1 saturated carbocycles. The molecule has 6 nitrogen and oxygen atoms in total. The fourth-order valence-corrected chi connectivity index (χ4v) is 3.56. The molecule has 146 valence electrons. The van der Waals surface area contributed by atoms with Gasteiger partial charge in [-0.2, -0.15) is 23.3 Å². The SMILES string of the molecule is O=C(NCCc1ccccc1)C(=O)N1N=C2CCCC[C@@H]2[C@@]1(O)C(F)(F)F. The van der Waals surface area contributed by atoms with E-state index >= 15 is 0 Å². The molecule has 2 N–H and O–H groups in total. The first-order valence-corrected chi connectivity index (χ1v) is 8.78. The van der Waals surface area contributed by atoms with E-state index in [1.54, 1.807) is 0 Å². The molecular weight excluding hydrogens is 363 g/mol. The van der Waals surface area contributed by atoms with Crippen LogP contribution in [0.25, 0.3) is 0 Å². The molecule has 3 rings (SSSR count). The first kappa shape index (κ1) is 19.3. The molecule has 0 spiro atoms. The van der Waals surface area contributed by atoms with Gasteiger partial charge in [0, 0.05) is 12.3 Å². The molecule has 1 aromatic rings. The highest BCUT2D eigenvalue weighted by molar-refractivity contribution is 6.35. The fraction of sp³-hybridized carbons (Fsp3) is 0.500. The molecule has 0 saturated heterocycles. The van der Waals surface area contributed by atoms with Gasteiger partial charge in [-0.3, -0.25) is 9.59 Å². The monoisotopic (exact) mass is 383 g/mol. The number of rotatable bonds is 3. The lowest BCUT2D eigenvalue weighted by molar-refractivity contribution is -0.316. The molecule has 0 bridgehead atoms. The van der Waals surface area contributed by atoms with Crippen molar-refractivity contribution in [2.75, 3.05) is 6.54 Å². The first-order valence-electron chi connectivity index (χ1n) is 8.78. The van der Waals surface area contributed by atoms with Gasteiger partial charge >= 0.3 is 18.0 Å². The van der Waals surface area contributed by atoms with Crippen molar-refractivity contribution in [3.63, 3.8) is 0 Å². The maximum atomic E-state index is 13.6. The van der Waals surface area contributed by atoms with Gasteiger partial charge in [-0.05, 0) is 31.2 Å². The normalized spacial score (nSPS) is 25.0. The Kier molecular flexibility index (Phi) is 5.23. The molecule has 0 radical (unpaired) electrons. The van der Waals surface area contributed by atoms with Crippen LogP contribution in [0.1, 0.15) is 31.2 Å². The number of alkyl halides is 3. The number of hydrazone groups is 1. The highest BCUT2D eigenvalue weighted by atomic mass is 19.4. The van der Waals surface area contributed by atoms with E-state index in [2.05, 4.69) is 10.4 Å². The van der Waals surface area contributed by atoms with Crippen LogP contribution in [0.2, 0.25) is 0 Å². The molecule has 27 heavy (non-hydrogen) atoms. The first-order chi connectivity index (χ1) is 12.7. The predicted octanol–water partition coefficient (Wildman–Crippen LogP) is 1.98. The Bertz CT molecular complexity index is 751. The Morgan fingerprint density at radius 2 is 1.96 bits per heavy atom. The number of hydrogen-bond acceptors (Lipinski definition) is 4. The third-order valence-corrected chi connectivity index (χ3v) is 4.96. The van der Waals surface area contributed by atoms with Crippen LogP contribution in [0.15, 0.2) is 35.4 Å². The lowest BCUT2D eigenvalue weighted by Crippen LogP contribution is -2.63. The summed E-state index contributed by atoms with van der Waals surface area (Å²) in [7, 11) is 0. The summed E-state index contributed by atoms with van der Waals surface area (Å²) in [4.78, 5) is 24.4. The average molecular weight is 383 g/mol. The molecule has 2 aliphatic rings. The smallest absolute Gasteiger partial charge is 0.362 e. The Labute approximate surface area is 154 Å². The second-order valence-corrected chi connectivity index (χ2v) is 6.72. The minimum atomic E-state index is -5.12. The summed E-state index contributed by atoms with van der Waals surface area (Å²) in [5.74, 6) is -4.06. The van der Waals surface area contributed by atoms with Crippen LogP contribution in [0, 0.1) is 5.92 Å². The summed E-state index contributed by atoms with van der Waals surface area (Å²) in [6.07, 6.45) is -3.25. The minimum absolute atomic E-state index is 0.0637. The van der Waals surface area contributed by atoms with Gasteiger partial charge in [-0.15, -0.1) is 0 Å². The zero-order chi connectivity index (χ0) is 19.7. The molecule has 0 aromatic heterocycles. The Morgan fingerprint density at radius 3 is 2.63 bits per heavy atom. The zero-order valence-corrected chi connectivity index (χ0v) is 14.5. The van der Waals surface area contributed by atoms with Crippen molar-refractivity contribution < 1.29 is 27.9 Å². The van der Waals surface area contributed by atoms with Crippen molar-refractivity contribution >= 4 is 17.5 Å². The molecule has 9 heteroatoms. The van der Waals surface area contributed by atoms with E-state index in [4.69, 9.17) is 0 Å². The quantitative estimate of drug-likeness (QED) is 0.784. The van der Waals surface area contributed by atoms with Crippen molar-refractivity contribution in [3.8, 4) is 0 Å². The number of hydrogen-bond donors (Lipinski definition) is 2. The van der Waals surface area contributed by atoms with E-state index in [0.29, 0.717) is 19.3 Å². The van der Waals surface area contributed by atoms with Crippen LogP contribution < -0.4 is 5.32 Å². The van der Waals surface area contributed by atoms with Gasteiger partial charge in [0.05, 0.1) is 5.92 Å². The summed E-state index contributed by atoms with van der Waals surface area (Å²) in [6.45, 7) is 0.0763. The maximum Gasteiger partial charge on any atom is 0.439 e. The standard InChI is InChI=1S/C18H20F3N3O3/c19-18(20,21)17(27)13-8-4-5-9-14(13)23-24(17)16(26)15(25)22-11-10-12-6-2-1-3-7-12/h1-3,6-7,13,27H,4-5,8-11H2,(H,22,25)/t13-,17+/m0/s1. The Hall–Kier alpha value is -2.42. The highest BCUT2D eigenvalue weighted by Crippen LogP contribution is 2.48. The van der Waals surface area contributed by atoms with Crippen molar-refractivity contribution in [3.05, 3.63) is 35.9 Å². The van der Waals surface area contributed by atoms with Crippen molar-refractivity contribution in [1.29, 1.82) is 0 Å². The van der Waals surface area contributed by atoms with E-state index in [1.807, 2.05) is 30.3 Å². The second kappa shape index (κ2) is 7.30. The number of halogens is 3. The van der Waals surface area contributed by atoms with Crippen molar-refractivity contribution in [2.24, 2.45) is 11.0 Å². The number of carbonyl (C=O) groups is 2. The number of benzene rings is 1. The van der Waals surface area contributed by atoms with Crippen LogP contribution in [-0.2, 0) is 16.0 Å². The topological polar surface area (TPSA) is 82.0 Å². The summed E-state index contributed by atoms with van der Waals surface area (Å²) >= 11 is 0. The summed E-state index contributed by atoms with van der Waals surface area (Å²) in [5.41, 5.74) is -2.45. The number of nitrogens with one attached hydrogen (secondary N) is 1. The summed E-state index contributed by atoms with van der Waals surface area (Å²) < 4.78 is 40.8. The van der Waals surface area contributed by atoms with E-state index in [9.17, 15) is 27.9 Å². The third-order valence-electron chi connectivity index (χ3n) is 4.96. The third kappa shape index (κ3) is 3.55. The Balaban J connectivity index is 1.71. The van der Waals surface area contributed by atoms with E-state index in [-0.39, 0.29) is 30.1 Å². The minimum Gasteiger partial charge on any atom is -0.362 e. The van der Waals surface area contributed by atoms with Gasteiger partial charge in [0.1, 0.15) is 0 Å². The fourth-order valence-electron chi connectivity index (χ4n) is 3.56. The van der Waals surface area contributed by atoms with Gasteiger partial charge in [0.15, 0.2) is 0 Å². The number of nitrogens with zero attached hydrogens (tertiary/aromatic N) is 2. The van der Waals surface area contributed by atoms with Crippen molar-refractivity contribution in [2.45, 2.75) is 44.0 Å². The van der Waals surface area contributed by atoms with Crippen LogP contribution in [0.5, 0.6) is 0 Å². The number of fused-ring (bicyclic) bond motifs is 1. The van der Waals surface area contributed by atoms with Gasteiger partial charge in [0.25, 0.3) is 5.72 Å². The highest BCUT2D eigenvalue weighted by Gasteiger charge is 2.68. The van der Waals surface area contributed by atoms with Gasteiger partial charge in [0.2, 0.25) is 0 Å². The number of aliphatic hydroxyl groups is 1. The van der Waals surface area contributed by atoms with Gasteiger partial charge in [-0.1, -0.05) is 36.8 Å². The molecule has 1 fully saturated rings. The molecule has 1 heterocycles. The van der Waals surface area contributed by atoms with E-state index in [0.717, 1.165) is 5.56 Å². The lowest BCUT2D eigenvalue weighted by atomic mass is 9.80. The molecule has 1 aliphatic carbocycles. The lowest BCUT2D eigenvalue weighted by Gasteiger charge is -2.37. The van der Waals surface area contributed by atoms with Crippen LogP contribution in [0.3, 0.4) is 0 Å². The number of carbonyl (C=O) groups excluding carboxylic acids is 2. The molecule has 2 atom stereocenters. The molecule has 2 amide bonds. The summed E-state index contributed by atoms with van der Waals surface area (Å²) in [5, 5.41) is 16.3. The van der Waals surface area contributed by atoms with Crippen LogP contribution in [0.4, 0.5) is 13.2 Å². The van der Waals surface area contributed by atoms with Crippen molar-refractivity contribution in [1.82, 2.24) is 10.3 Å². The average Bonchev–Trinajstić information content (AvgIpc) is 2.96. The second-order valence-electron chi connectivity index (χ2n) is 6.72. The predicted molar refractivity (Wildman–Crippen MR) is 90.4 cm³/mol. The number of amides is 2. The maximum absolute atomic E-state index is 13.6. The molecular formula is C18H20F3N3O3. The van der Waals surface area contributed by atoms with Crippen LogP contribution in [-0.4, -0.2) is 46.1 Å². The zero-order valence-electron chi connectivity index (χ0n) is 14.5. The molecule has 1 aromatic carbocycles.